The summed E-state index contributed by atoms with van der Waals surface area (Å²) in [6.45, 7) is 3.36. The third kappa shape index (κ3) is 11.2. The maximum absolute atomic E-state index is 13.3. The number of ether oxygens (including phenoxy) is 1. The zero-order valence-electron chi connectivity index (χ0n) is 31.6. The van der Waals surface area contributed by atoms with Crippen LogP contribution in [0.4, 0.5) is 28.4 Å². The lowest BCUT2D eigenvalue weighted by Gasteiger charge is -2.19. The molecule has 0 heterocycles. The summed E-state index contributed by atoms with van der Waals surface area (Å²) in [5, 5.41) is 33.2. The summed E-state index contributed by atoms with van der Waals surface area (Å²) in [5.74, 6) is -5.93. The molecule has 1 unspecified atom stereocenters. The first kappa shape index (κ1) is 41.9. The van der Waals surface area contributed by atoms with Crippen LogP contribution in [0.15, 0.2) is 109 Å². The molecule has 11 N–H and O–H groups in total. The maximum Gasteiger partial charge on any atom is 0.335 e. The first-order valence-electron chi connectivity index (χ1n) is 17.8. The van der Waals surface area contributed by atoms with E-state index in [-0.39, 0.29) is 51.0 Å². The smallest absolute Gasteiger partial charge is 0.335 e. The molecule has 1 atom stereocenters. The van der Waals surface area contributed by atoms with E-state index in [0.29, 0.717) is 16.9 Å². The number of aromatic carboxylic acids is 1. The van der Waals surface area contributed by atoms with Crippen LogP contribution in [0.2, 0.25) is 0 Å². The third-order valence-electron chi connectivity index (χ3n) is 8.39. The van der Waals surface area contributed by atoms with Gasteiger partial charge in [-0.3, -0.25) is 28.8 Å². The molecule has 0 aliphatic carbocycles. The zero-order valence-corrected chi connectivity index (χ0v) is 31.6. The van der Waals surface area contributed by atoms with Crippen LogP contribution in [-0.2, 0) is 9.59 Å². The number of carbonyl (C=O) groups excluding carboxylic acids is 6. The van der Waals surface area contributed by atoms with E-state index in [1.165, 1.54) is 84.9 Å². The Morgan fingerprint density at radius 1 is 0.593 bits per heavy atom. The van der Waals surface area contributed by atoms with Crippen LogP contribution >= 0.6 is 0 Å². The molecule has 0 spiro atoms. The molecule has 59 heavy (non-hydrogen) atoms. The van der Waals surface area contributed by atoms with Gasteiger partial charge in [0.1, 0.15) is 6.04 Å². The number of carbonyl (C=O) groups is 7. The van der Waals surface area contributed by atoms with E-state index < -0.39 is 59.8 Å². The summed E-state index contributed by atoms with van der Waals surface area (Å²) in [6, 6.07) is 24.4. The van der Waals surface area contributed by atoms with Gasteiger partial charge in [0.2, 0.25) is 11.8 Å². The summed E-state index contributed by atoms with van der Waals surface area (Å²) >= 11 is 0. The number of nitrogens with one attached hydrogen (secondary N) is 5. The summed E-state index contributed by atoms with van der Waals surface area (Å²) in [6.07, 6.45) is -1.01. The predicted molar refractivity (Wildman–Crippen MR) is 219 cm³/mol. The van der Waals surface area contributed by atoms with Gasteiger partial charge in [-0.1, -0.05) is 0 Å². The topological polar surface area (TPSA) is 281 Å². The fourth-order valence-corrected chi connectivity index (χ4v) is 5.43. The minimum Gasteiger partial charge on any atom is -0.504 e. The highest BCUT2D eigenvalue weighted by Gasteiger charge is 2.25. The maximum atomic E-state index is 13.3. The molecule has 0 aromatic heterocycles. The van der Waals surface area contributed by atoms with E-state index in [1.54, 1.807) is 38.1 Å². The average molecular weight is 802 g/mol. The van der Waals surface area contributed by atoms with Crippen molar-refractivity contribution >= 4 is 69.8 Å². The Kier molecular flexibility index (Phi) is 13.2. The summed E-state index contributed by atoms with van der Waals surface area (Å²) in [4.78, 5) is 88.1. The Morgan fingerprint density at radius 2 is 1.05 bits per heavy atom. The second-order valence-electron chi connectivity index (χ2n) is 13.2. The van der Waals surface area contributed by atoms with Crippen LogP contribution in [0.3, 0.4) is 0 Å². The van der Waals surface area contributed by atoms with E-state index in [4.69, 9.17) is 21.3 Å². The fourth-order valence-electron chi connectivity index (χ4n) is 5.43. The standard InChI is InChI=1S/C42H39N7O10/c1-22(2)59-36-32(20-19-31(35(36)51)40(55)46-29-17-9-26(10-18-29)42(57)58)48-38(53)24-7-15-30(16-8-24)47-41(56)33(21-34(44)50)49-39(54)25-5-13-28(14-6-25)45-37(52)23-3-11-27(43)12-4-23/h3-20,22,33,51H,21,43H2,1-2H3,(H2,44,50)(H,45,52)(H,46,55)(H,47,56)(H,48,53)(H,49,54)(H,57,58). The minimum absolute atomic E-state index is 0.0223. The van der Waals surface area contributed by atoms with Gasteiger partial charge in [0.25, 0.3) is 23.6 Å². The van der Waals surface area contributed by atoms with Crippen molar-refractivity contribution in [3.05, 3.63) is 137 Å². The van der Waals surface area contributed by atoms with Crippen molar-refractivity contribution in [1.82, 2.24) is 5.32 Å². The fraction of sp³-hybridized carbons (Fsp3) is 0.119. The molecule has 0 saturated carbocycles. The average Bonchev–Trinajstić information content (AvgIpc) is 3.19. The highest BCUT2D eigenvalue weighted by Crippen LogP contribution is 2.39. The molecule has 0 aliphatic rings. The van der Waals surface area contributed by atoms with Gasteiger partial charge in [-0.25, -0.2) is 4.79 Å². The lowest BCUT2D eigenvalue weighted by atomic mass is 10.1. The monoisotopic (exact) mass is 801 g/mol. The molecule has 0 bridgehead atoms. The summed E-state index contributed by atoms with van der Waals surface area (Å²) in [7, 11) is 0. The zero-order chi connectivity index (χ0) is 42.8. The molecule has 0 fully saturated rings. The molecule has 6 amide bonds. The second-order valence-corrected chi connectivity index (χ2v) is 13.2. The van der Waals surface area contributed by atoms with E-state index in [2.05, 4.69) is 26.6 Å². The molecule has 17 nitrogen and oxygen atoms in total. The summed E-state index contributed by atoms with van der Waals surface area (Å²) < 4.78 is 5.76. The highest BCUT2D eigenvalue weighted by atomic mass is 16.5. The number of aromatic hydroxyl groups is 1. The van der Waals surface area contributed by atoms with Gasteiger partial charge >= 0.3 is 5.97 Å². The molecular weight excluding hydrogens is 763 g/mol. The number of carboxylic acid groups (broad SMARTS) is 1. The largest absolute Gasteiger partial charge is 0.504 e. The van der Waals surface area contributed by atoms with Crippen molar-refractivity contribution in [2.24, 2.45) is 5.73 Å². The molecule has 5 rings (SSSR count). The predicted octanol–water partition coefficient (Wildman–Crippen LogP) is 4.83. The Morgan fingerprint density at radius 3 is 1.56 bits per heavy atom. The Balaban J connectivity index is 1.22. The number of anilines is 5. The number of nitrogen functional groups attached to an aromatic ring is 1. The lowest BCUT2D eigenvalue weighted by molar-refractivity contribution is -0.123. The molecule has 0 radical (unpaired) electrons. The number of hydrogen-bond donors (Lipinski definition) is 9. The van der Waals surface area contributed by atoms with Crippen LogP contribution in [0.25, 0.3) is 0 Å². The van der Waals surface area contributed by atoms with Gasteiger partial charge in [0, 0.05) is 39.4 Å². The number of nitrogens with two attached hydrogens (primary N) is 2. The van der Waals surface area contributed by atoms with Gasteiger partial charge in [0.15, 0.2) is 11.5 Å². The van der Waals surface area contributed by atoms with Gasteiger partial charge in [-0.15, -0.1) is 0 Å². The number of amides is 6. The van der Waals surface area contributed by atoms with Crippen molar-refractivity contribution in [3.63, 3.8) is 0 Å². The van der Waals surface area contributed by atoms with E-state index in [0.717, 1.165) is 0 Å². The van der Waals surface area contributed by atoms with E-state index >= 15 is 0 Å². The van der Waals surface area contributed by atoms with Crippen LogP contribution in [0.5, 0.6) is 11.5 Å². The van der Waals surface area contributed by atoms with Gasteiger partial charge in [-0.05, 0) is 123 Å². The van der Waals surface area contributed by atoms with Crippen LogP contribution in [-0.4, -0.2) is 63.8 Å². The van der Waals surface area contributed by atoms with Crippen LogP contribution < -0.4 is 42.8 Å². The second kappa shape index (κ2) is 18.6. The van der Waals surface area contributed by atoms with Crippen molar-refractivity contribution in [1.29, 1.82) is 0 Å². The number of phenols is 1. The van der Waals surface area contributed by atoms with E-state index in [1.807, 2.05) is 0 Å². The lowest BCUT2D eigenvalue weighted by Crippen LogP contribution is -2.46. The third-order valence-corrected chi connectivity index (χ3v) is 8.39. The number of phenolic OH excluding ortho intramolecular Hbond substituents is 1. The highest BCUT2D eigenvalue weighted by molar-refractivity contribution is 6.10. The number of hydrogen-bond acceptors (Lipinski definition) is 10. The van der Waals surface area contributed by atoms with Crippen molar-refractivity contribution < 1.29 is 48.5 Å². The quantitative estimate of drug-likeness (QED) is 0.0647. The number of carboxylic acids is 1. The van der Waals surface area contributed by atoms with Crippen LogP contribution in [0, 0.1) is 0 Å². The Bertz CT molecular complexity index is 2400. The number of primary amides is 1. The van der Waals surface area contributed by atoms with Gasteiger partial charge in [0.05, 0.1) is 29.3 Å². The van der Waals surface area contributed by atoms with Crippen molar-refractivity contribution in [2.45, 2.75) is 32.4 Å². The summed E-state index contributed by atoms with van der Waals surface area (Å²) in [5.41, 5.74) is 13.0. The number of benzene rings is 5. The first-order valence-corrected chi connectivity index (χ1v) is 17.8. The van der Waals surface area contributed by atoms with Crippen molar-refractivity contribution in [2.75, 3.05) is 27.0 Å². The molecule has 5 aromatic carbocycles. The first-order chi connectivity index (χ1) is 28.1. The molecule has 0 aliphatic heterocycles. The minimum atomic E-state index is -1.37. The van der Waals surface area contributed by atoms with E-state index in [9.17, 15) is 38.7 Å². The van der Waals surface area contributed by atoms with Crippen LogP contribution in [0.1, 0.15) is 72.1 Å². The SMILES string of the molecule is CC(C)Oc1c(NC(=O)c2ccc(NC(=O)C(CC(N)=O)NC(=O)c3ccc(NC(=O)c4ccc(N)cc4)cc3)cc2)ccc(C(=O)Nc2ccc(C(=O)O)cc2)c1O. The molecular formula is C42H39N7O10. The normalized spacial score (nSPS) is 11.1. The van der Waals surface area contributed by atoms with Gasteiger partial charge < -0.3 is 53.0 Å². The molecule has 302 valence electrons. The van der Waals surface area contributed by atoms with Gasteiger partial charge in [-0.2, -0.15) is 0 Å². The Labute approximate surface area is 336 Å². The van der Waals surface area contributed by atoms with Crippen molar-refractivity contribution in [3.8, 4) is 11.5 Å². The molecule has 5 aromatic rings. The Hall–Kier alpha value is -8.21. The molecule has 17 heteroatoms. The number of rotatable bonds is 15. The molecule has 0 saturated heterocycles.